The quantitative estimate of drug-likeness (QED) is 0.420. The molecule has 0 bridgehead atoms. The second-order valence-electron chi connectivity index (χ2n) is 5.90. The fourth-order valence-electron chi connectivity index (χ4n) is 2.72. The van der Waals surface area contributed by atoms with Crippen molar-refractivity contribution in [3.63, 3.8) is 0 Å². The summed E-state index contributed by atoms with van der Waals surface area (Å²) in [6.45, 7) is 6.91. The van der Waals surface area contributed by atoms with Gasteiger partial charge in [0.25, 0.3) is 5.69 Å². The van der Waals surface area contributed by atoms with Crippen LogP contribution in [0.4, 0.5) is 5.69 Å². The number of carbonyl (C=O) groups excluding carboxylic acids is 1. The van der Waals surface area contributed by atoms with Gasteiger partial charge in [-0.15, -0.1) is 6.58 Å². The molecule has 1 saturated heterocycles. The van der Waals surface area contributed by atoms with Gasteiger partial charge in [0.15, 0.2) is 0 Å². The Morgan fingerprint density at radius 3 is 2.62 bits per heavy atom. The molecular formula is C16H22N4O5S. The van der Waals surface area contributed by atoms with E-state index < -0.39 is 14.9 Å². The molecule has 9 nitrogen and oxygen atoms in total. The maximum atomic E-state index is 12.7. The summed E-state index contributed by atoms with van der Waals surface area (Å²) in [6.07, 6.45) is 1.59. The van der Waals surface area contributed by atoms with Gasteiger partial charge in [-0.1, -0.05) is 12.1 Å². The summed E-state index contributed by atoms with van der Waals surface area (Å²) in [5.41, 5.74) is -0.266. The third kappa shape index (κ3) is 4.45. The fraction of sp³-hybridized carbons (Fsp3) is 0.438. The molecule has 1 aliphatic heterocycles. The first-order valence-electron chi connectivity index (χ1n) is 8.14. The van der Waals surface area contributed by atoms with Crippen molar-refractivity contribution < 1.29 is 18.1 Å². The molecule has 0 radical (unpaired) electrons. The predicted molar refractivity (Wildman–Crippen MR) is 96.1 cm³/mol. The molecule has 1 heterocycles. The van der Waals surface area contributed by atoms with Crippen molar-refractivity contribution in [2.45, 2.75) is 17.9 Å². The Morgan fingerprint density at radius 1 is 1.38 bits per heavy atom. The Hall–Kier alpha value is -2.30. The molecular weight excluding hydrogens is 360 g/mol. The van der Waals surface area contributed by atoms with Gasteiger partial charge in [0.1, 0.15) is 0 Å². The number of hydrogen-bond donors (Lipinski definition) is 1. The molecule has 1 fully saturated rings. The van der Waals surface area contributed by atoms with Gasteiger partial charge in [-0.3, -0.25) is 19.8 Å². The van der Waals surface area contributed by atoms with Crippen LogP contribution in [0, 0.1) is 10.1 Å². The van der Waals surface area contributed by atoms with Crippen molar-refractivity contribution in [3.8, 4) is 0 Å². The van der Waals surface area contributed by atoms with Crippen molar-refractivity contribution in [1.82, 2.24) is 14.5 Å². The van der Waals surface area contributed by atoms with Gasteiger partial charge in [-0.2, -0.15) is 4.31 Å². The highest BCUT2D eigenvalue weighted by Gasteiger charge is 2.32. The van der Waals surface area contributed by atoms with Crippen molar-refractivity contribution in [3.05, 3.63) is 47.0 Å². The summed E-state index contributed by atoms with van der Waals surface area (Å²) in [7, 11) is -3.81. The maximum Gasteiger partial charge on any atom is 0.270 e. The molecule has 10 heteroatoms. The number of nitro benzene ring substituents is 1. The third-order valence-corrected chi connectivity index (χ3v) is 6.18. The van der Waals surface area contributed by atoms with Gasteiger partial charge < -0.3 is 5.32 Å². The van der Waals surface area contributed by atoms with Crippen LogP contribution in [0.1, 0.15) is 6.92 Å². The zero-order chi connectivity index (χ0) is 19.3. The summed E-state index contributed by atoms with van der Waals surface area (Å²) in [4.78, 5) is 24.0. The highest BCUT2D eigenvalue weighted by Crippen LogP contribution is 2.22. The first-order valence-corrected chi connectivity index (χ1v) is 9.58. The molecule has 1 aromatic rings. The van der Waals surface area contributed by atoms with Gasteiger partial charge in [0, 0.05) is 44.9 Å². The number of sulfonamides is 1. The molecule has 0 saturated carbocycles. The second kappa shape index (κ2) is 8.39. The topological polar surface area (TPSA) is 113 Å². The van der Waals surface area contributed by atoms with Gasteiger partial charge in [-0.25, -0.2) is 8.42 Å². The molecule has 1 aliphatic rings. The lowest BCUT2D eigenvalue weighted by Gasteiger charge is -2.36. The monoisotopic (exact) mass is 382 g/mol. The zero-order valence-corrected chi connectivity index (χ0v) is 15.3. The van der Waals surface area contributed by atoms with Crippen LogP contribution in [0.3, 0.4) is 0 Å². The van der Waals surface area contributed by atoms with E-state index in [-0.39, 0.29) is 35.6 Å². The number of amides is 1. The first kappa shape index (κ1) is 20.0. The molecule has 0 spiro atoms. The minimum absolute atomic E-state index is 0.100. The number of nitrogens with zero attached hydrogens (tertiary/aromatic N) is 3. The number of nitro groups is 1. The number of benzene rings is 1. The number of non-ortho nitro benzene ring substituents is 1. The standard InChI is InChI=1S/C16H22N4O5S/c1-3-7-17-16(21)13(2)18-8-10-19(11-9-18)26(24,25)15-6-4-5-14(12-15)20(22)23/h3-6,12-13H,1,7-11H2,2H3,(H,17,21)/t13-/m0/s1. The highest BCUT2D eigenvalue weighted by molar-refractivity contribution is 7.89. The molecule has 1 atom stereocenters. The Morgan fingerprint density at radius 2 is 2.04 bits per heavy atom. The molecule has 1 N–H and O–H groups in total. The molecule has 0 unspecified atom stereocenters. The Kier molecular flexibility index (Phi) is 6.46. The summed E-state index contributed by atoms with van der Waals surface area (Å²) < 4.78 is 26.7. The van der Waals surface area contributed by atoms with E-state index >= 15 is 0 Å². The van der Waals surface area contributed by atoms with Gasteiger partial charge in [0.2, 0.25) is 15.9 Å². The van der Waals surface area contributed by atoms with E-state index in [1.807, 2.05) is 4.90 Å². The van der Waals surface area contributed by atoms with Crippen LogP contribution in [-0.4, -0.2) is 67.2 Å². The van der Waals surface area contributed by atoms with E-state index in [1.54, 1.807) is 13.0 Å². The van der Waals surface area contributed by atoms with Crippen molar-refractivity contribution in [2.75, 3.05) is 32.7 Å². The summed E-state index contributed by atoms with van der Waals surface area (Å²) in [6, 6.07) is 4.64. The SMILES string of the molecule is C=CCNC(=O)[C@H](C)N1CCN(S(=O)(=O)c2cccc([N+](=O)[O-])c2)CC1. The van der Waals surface area contributed by atoms with E-state index in [1.165, 1.54) is 22.5 Å². The smallest absolute Gasteiger partial charge is 0.270 e. The van der Waals surface area contributed by atoms with Crippen LogP contribution < -0.4 is 5.32 Å². The molecule has 26 heavy (non-hydrogen) atoms. The first-order chi connectivity index (χ1) is 12.3. The molecule has 0 aliphatic carbocycles. The van der Waals surface area contributed by atoms with Crippen molar-refractivity contribution in [2.24, 2.45) is 0 Å². The predicted octanol–water partition coefficient (Wildman–Crippen LogP) is 0.592. The third-order valence-electron chi connectivity index (χ3n) is 4.29. The Balaban J connectivity index is 2.04. The van der Waals surface area contributed by atoms with Crippen LogP contribution >= 0.6 is 0 Å². The maximum absolute atomic E-state index is 12.7. The zero-order valence-electron chi connectivity index (χ0n) is 14.5. The number of carbonyl (C=O) groups is 1. The van der Waals surface area contributed by atoms with Gasteiger partial charge >= 0.3 is 0 Å². The van der Waals surface area contributed by atoms with Crippen LogP contribution in [0.25, 0.3) is 0 Å². The summed E-state index contributed by atoms with van der Waals surface area (Å²) in [5, 5.41) is 13.6. The van der Waals surface area contributed by atoms with E-state index in [0.29, 0.717) is 19.6 Å². The lowest BCUT2D eigenvalue weighted by Crippen LogP contribution is -2.54. The lowest BCUT2D eigenvalue weighted by molar-refractivity contribution is -0.385. The van der Waals surface area contributed by atoms with E-state index in [9.17, 15) is 23.3 Å². The van der Waals surface area contributed by atoms with Crippen LogP contribution in [0.2, 0.25) is 0 Å². The normalized spacial score (nSPS) is 17.4. The average Bonchev–Trinajstić information content (AvgIpc) is 2.65. The fourth-order valence-corrected chi connectivity index (χ4v) is 4.19. The minimum atomic E-state index is -3.81. The second-order valence-corrected chi connectivity index (χ2v) is 7.84. The molecule has 142 valence electrons. The lowest BCUT2D eigenvalue weighted by atomic mass is 10.2. The van der Waals surface area contributed by atoms with Gasteiger partial charge in [-0.05, 0) is 13.0 Å². The largest absolute Gasteiger partial charge is 0.351 e. The Labute approximate surface area is 152 Å². The van der Waals surface area contributed by atoms with E-state index in [0.717, 1.165) is 6.07 Å². The molecule has 1 aromatic carbocycles. The number of hydrogen-bond acceptors (Lipinski definition) is 6. The summed E-state index contributed by atoms with van der Waals surface area (Å²) in [5.74, 6) is -0.139. The minimum Gasteiger partial charge on any atom is -0.351 e. The van der Waals surface area contributed by atoms with Crippen molar-refractivity contribution >= 4 is 21.6 Å². The van der Waals surface area contributed by atoms with E-state index in [2.05, 4.69) is 11.9 Å². The number of rotatable bonds is 7. The Bertz CT molecular complexity index is 788. The average molecular weight is 382 g/mol. The van der Waals surface area contributed by atoms with E-state index in [4.69, 9.17) is 0 Å². The van der Waals surface area contributed by atoms with Crippen LogP contribution in [0.15, 0.2) is 41.8 Å². The van der Waals surface area contributed by atoms with Gasteiger partial charge in [0.05, 0.1) is 15.9 Å². The summed E-state index contributed by atoms with van der Waals surface area (Å²) >= 11 is 0. The van der Waals surface area contributed by atoms with Crippen molar-refractivity contribution in [1.29, 1.82) is 0 Å². The highest BCUT2D eigenvalue weighted by atomic mass is 32.2. The molecule has 2 rings (SSSR count). The number of nitrogens with one attached hydrogen (secondary N) is 1. The molecule has 1 amide bonds. The van der Waals surface area contributed by atoms with Crippen LogP contribution in [-0.2, 0) is 14.8 Å². The number of piperazine rings is 1. The van der Waals surface area contributed by atoms with Crippen LogP contribution in [0.5, 0.6) is 0 Å². The molecule has 0 aromatic heterocycles.